The maximum absolute atomic E-state index is 11.9. The smallest absolute Gasteiger partial charge is 0.340 e. The average Bonchev–Trinajstić information content (AvgIpc) is 3.47. The molecule has 2 unspecified atom stereocenters. The lowest BCUT2D eigenvalue weighted by atomic mass is 10.1. The van der Waals surface area contributed by atoms with Crippen LogP contribution in [0.15, 0.2) is 36.7 Å². The van der Waals surface area contributed by atoms with E-state index in [1.807, 2.05) is 30.3 Å². The Morgan fingerprint density at radius 3 is 2.65 bits per heavy atom. The number of nitrogens with zero attached hydrogens (tertiary/aromatic N) is 4. The molecule has 4 heterocycles. The van der Waals surface area contributed by atoms with E-state index in [0.717, 1.165) is 10.9 Å². The average molecular weight is 575 g/mol. The lowest BCUT2D eigenvalue weighted by Gasteiger charge is -2.18. The van der Waals surface area contributed by atoms with Crippen LogP contribution in [0.1, 0.15) is 6.23 Å². The lowest BCUT2D eigenvalue weighted by molar-refractivity contribution is -0.0483. The maximum atomic E-state index is 11.9. The lowest BCUT2D eigenvalue weighted by Crippen LogP contribution is -2.33. The van der Waals surface area contributed by atoms with Gasteiger partial charge in [-0.2, -0.15) is 9.97 Å². The summed E-state index contributed by atoms with van der Waals surface area (Å²) in [5, 5.41) is 24.9. The topological polar surface area (TPSA) is 225 Å². The number of fused-ring (bicyclic) bond motifs is 2. The maximum Gasteiger partial charge on any atom is 0.340 e. The minimum absolute atomic E-state index is 0.139. The molecule has 4 aromatic rings. The fourth-order valence-electron chi connectivity index (χ4n) is 3.99. The van der Waals surface area contributed by atoms with Gasteiger partial charge in [0, 0.05) is 10.9 Å². The number of benzene rings is 1. The fourth-order valence-corrected chi connectivity index (χ4v) is 6.73. The number of aromatic nitrogens is 5. The van der Waals surface area contributed by atoms with E-state index in [-0.39, 0.29) is 22.3 Å². The highest BCUT2D eigenvalue weighted by molar-refractivity contribution is 7.70. The second kappa shape index (κ2) is 9.71. The summed E-state index contributed by atoms with van der Waals surface area (Å²) < 4.78 is 34.6. The Morgan fingerprint density at radius 1 is 1.16 bits per heavy atom. The molecule has 5 rings (SSSR count). The number of H-pyrrole nitrogens is 1. The summed E-state index contributed by atoms with van der Waals surface area (Å²) in [6.45, 7) is -0.724. The molecule has 5 atom stereocenters. The Labute approximate surface area is 212 Å². The van der Waals surface area contributed by atoms with Crippen LogP contribution in [0.25, 0.3) is 22.1 Å². The highest BCUT2D eigenvalue weighted by Crippen LogP contribution is 2.55. The minimum Gasteiger partial charge on any atom is -0.387 e. The number of para-hydroxylation sites is 1. The van der Waals surface area contributed by atoms with Crippen molar-refractivity contribution in [3.05, 3.63) is 41.9 Å². The molecule has 1 aliphatic rings. The summed E-state index contributed by atoms with van der Waals surface area (Å²) in [6, 6.07) is 9.49. The molecule has 0 spiro atoms. The number of hydrogen-bond acceptors (Lipinski definition) is 10. The zero-order valence-electron chi connectivity index (χ0n) is 18.6. The predicted octanol–water partition coefficient (Wildman–Crippen LogP) is 1.66. The Kier molecular flexibility index (Phi) is 6.88. The highest BCUT2D eigenvalue weighted by atomic mass is 35.5. The van der Waals surface area contributed by atoms with Crippen molar-refractivity contribution < 1.29 is 43.3 Å². The van der Waals surface area contributed by atoms with Gasteiger partial charge in [0.15, 0.2) is 29.1 Å². The quantitative estimate of drug-likeness (QED) is 0.117. The third kappa shape index (κ3) is 5.56. The number of imidazole rings is 1. The molecule has 1 aliphatic heterocycles. The highest BCUT2D eigenvalue weighted by Gasteiger charge is 2.45. The van der Waals surface area contributed by atoms with Gasteiger partial charge >= 0.3 is 15.2 Å². The van der Waals surface area contributed by atoms with Crippen LogP contribution >= 0.6 is 26.8 Å². The van der Waals surface area contributed by atoms with E-state index < -0.39 is 52.2 Å². The van der Waals surface area contributed by atoms with Gasteiger partial charge in [-0.15, -0.1) is 0 Å². The van der Waals surface area contributed by atoms with Crippen molar-refractivity contribution in [3.63, 3.8) is 0 Å². The first-order valence-corrected chi connectivity index (χ1v) is 14.6. The second-order valence-corrected chi connectivity index (χ2v) is 12.7. The van der Waals surface area contributed by atoms with E-state index in [9.17, 15) is 24.2 Å². The number of aromatic amines is 1. The first kappa shape index (κ1) is 26.2. The molecule has 0 saturated carbocycles. The van der Waals surface area contributed by atoms with Gasteiger partial charge in [0.1, 0.15) is 24.1 Å². The summed E-state index contributed by atoms with van der Waals surface area (Å²) in [5.41, 5.74) is 1.32. The summed E-state index contributed by atoms with van der Waals surface area (Å²) >= 11 is 6.14. The number of ether oxygens (including phenoxy) is 1. The van der Waals surface area contributed by atoms with E-state index in [0.29, 0.717) is 5.82 Å². The Balaban J connectivity index is 1.38. The van der Waals surface area contributed by atoms with Crippen molar-refractivity contribution in [1.29, 1.82) is 0 Å². The van der Waals surface area contributed by atoms with Crippen molar-refractivity contribution in [2.75, 3.05) is 17.8 Å². The van der Waals surface area contributed by atoms with Crippen molar-refractivity contribution >= 4 is 60.5 Å². The molecule has 15 nitrogen and oxygen atoms in total. The first-order chi connectivity index (χ1) is 17.4. The van der Waals surface area contributed by atoms with Crippen LogP contribution in [-0.2, 0) is 18.4 Å². The summed E-state index contributed by atoms with van der Waals surface area (Å²) in [7, 11) is -9.53. The summed E-state index contributed by atoms with van der Waals surface area (Å²) in [5.74, 6) is -0.532. The van der Waals surface area contributed by atoms with Crippen LogP contribution in [0.2, 0.25) is 5.28 Å². The van der Waals surface area contributed by atoms with Gasteiger partial charge in [0.25, 0.3) is 0 Å². The van der Waals surface area contributed by atoms with Crippen molar-refractivity contribution in [2.45, 2.75) is 24.5 Å². The SMILES string of the molecule is O=P(O)(O)CP(=O)(O)OC[C@H]1O[C@@H](n2cnc3c(Nc4cc5ccccc5[nH]4)nc(Cl)nc32)C(O)[C@H]1O. The van der Waals surface area contributed by atoms with Gasteiger partial charge < -0.3 is 44.5 Å². The molecule has 7 N–H and O–H groups in total. The number of rotatable bonds is 8. The predicted molar refractivity (Wildman–Crippen MR) is 131 cm³/mol. The number of nitrogens with one attached hydrogen (secondary N) is 2. The molecule has 3 aromatic heterocycles. The van der Waals surface area contributed by atoms with E-state index in [2.05, 4.69) is 25.3 Å². The van der Waals surface area contributed by atoms with Crippen LogP contribution in [-0.4, -0.2) is 80.2 Å². The van der Waals surface area contributed by atoms with E-state index >= 15 is 0 Å². The van der Waals surface area contributed by atoms with E-state index in [4.69, 9.17) is 30.6 Å². The molecule has 198 valence electrons. The molecule has 37 heavy (non-hydrogen) atoms. The minimum atomic E-state index is -4.84. The number of halogens is 1. The first-order valence-electron chi connectivity index (χ1n) is 10.7. The molecule has 1 saturated heterocycles. The number of aliphatic hydroxyl groups excluding tert-OH is 2. The molecule has 1 fully saturated rings. The standard InChI is InChI=1S/C19H21ClN6O9P2/c20-19-24-16(23-12-5-9-3-1-2-4-10(9)22-12)13-17(25-19)26(7-21-13)18-15(28)14(27)11(35-18)6-34-37(32,33)8-36(29,30)31/h1-5,7,11,14-15,18,22,27-28H,6,8H2,(H,32,33)(H,23,24,25)(H2,29,30,31)/t11-,14+,15?,18-/m1/s1. The van der Waals surface area contributed by atoms with Crippen molar-refractivity contribution in [2.24, 2.45) is 0 Å². The second-order valence-electron chi connectivity index (χ2n) is 8.35. The van der Waals surface area contributed by atoms with E-state index in [1.54, 1.807) is 0 Å². The van der Waals surface area contributed by atoms with Gasteiger partial charge in [0.05, 0.1) is 12.9 Å². The van der Waals surface area contributed by atoms with Crippen LogP contribution in [0.4, 0.5) is 11.6 Å². The summed E-state index contributed by atoms with van der Waals surface area (Å²) in [6.07, 6.45) is -4.37. The largest absolute Gasteiger partial charge is 0.387 e. The molecule has 18 heteroatoms. The molecule has 0 aliphatic carbocycles. The Morgan fingerprint density at radius 2 is 1.92 bits per heavy atom. The van der Waals surface area contributed by atoms with Gasteiger partial charge in [0.2, 0.25) is 5.28 Å². The molecular weight excluding hydrogens is 554 g/mol. The molecule has 0 radical (unpaired) electrons. The van der Waals surface area contributed by atoms with Gasteiger partial charge in [-0.3, -0.25) is 13.7 Å². The van der Waals surface area contributed by atoms with Gasteiger partial charge in [-0.1, -0.05) is 18.2 Å². The number of anilines is 2. The van der Waals surface area contributed by atoms with Crippen LogP contribution in [0.5, 0.6) is 0 Å². The monoisotopic (exact) mass is 574 g/mol. The van der Waals surface area contributed by atoms with Crippen LogP contribution in [0, 0.1) is 0 Å². The molecule has 1 aromatic carbocycles. The van der Waals surface area contributed by atoms with Crippen LogP contribution in [0.3, 0.4) is 0 Å². The molecule has 0 amide bonds. The number of hydrogen-bond donors (Lipinski definition) is 7. The van der Waals surface area contributed by atoms with Crippen LogP contribution < -0.4 is 5.32 Å². The Hall–Kier alpha value is -2.42. The van der Waals surface area contributed by atoms with Crippen molar-refractivity contribution in [3.8, 4) is 0 Å². The van der Waals surface area contributed by atoms with Crippen molar-refractivity contribution in [1.82, 2.24) is 24.5 Å². The zero-order valence-corrected chi connectivity index (χ0v) is 21.2. The summed E-state index contributed by atoms with van der Waals surface area (Å²) in [4.78, 5) is 43.4. The fraction of sp³-hybridized carbons (Fsp3) is 0.316. The zero-order chi connectivity index (χ0) is 26.5. The van der Waals surface area contributed by atoms with Gasteiger partial charge in [-0.05, 0) is 23.7 Å². The third-order valence-electron chi connectivity index (χ3n) is 5.59. The molecule has 0 bridgehead atoms. The number of aliphatic hydroxyl groups is 2. The van der Waals surface area contributed by atoms with Gasteiger partial charge in [-0.25, -0.2) is 4.98 Å². The normalized spacial score (nSPS) is 24.1. The third-order valence-corrected chi connectivity index (χ3v) is 9.22. The van der Waals surface area contributed by atoms with E-state index in [1.165, 1.54) is 10.9 Å². The Bertz CT molecular complexity index is 1520. The molecular formula is C19H21ClN6O9P2.